The maximum atomic E-state index is 11.9. The zero-order valence-corrected chi connectivity index (χ0v) is 17.3. The van der Waals surface area contributed by atoms with E-state index in [1.54, 1.807) is 13.0 Å². The molecule has 1 atom stereocenters. The summed E-state index contributed by atoms with van der Waals surface area (Å²) >= 11 is 0. The molecule has 0 radical (unpaired) electrons. The number of fused-ring (bicyclic) bond motifs is 1. The number of nitrogens with one attached hydrogen (secondary N) is 1. The van der Waals surface area contributed by atoms with Crippen molar-refractivity contribution in [3.8, 4) is 11.1 Å². The summed E-state index contributed by atoms with van der Waals surface area (Å²) in [5, 5.41) is 19.2. The van der Waals surface area contributed by atoms with Crippen LogP contribution in [0, 0.1) is 24.0 Å². The van der Waals surface area contributed by atoms with Crippen molar-refractivity contribution in [2.75, 3.05) is 11.9 Å². The molecule has 0 saturated heterocycles. The molecule has 8 heteroatoms. The van der Waals surface area contributed by atoms with Crippen molar-refractivity contribution in [3.05, 3.63) is 69.6 Å². The van der Waals surface area contributed by atoms with Gasteiger partial charge in [0.25, 0.3) is 5.69 Å². The minimum Gasteiger partial charge on any atom is -0.361 e. The lowest BCUT2D eigenvalue weighted by Gasteiger charge is -2.18. The highest BCUT2D eigenvalue weighted by Crippen LogP contribution is 2.38. The smallest absolute Gasteiger partial charge is 0.297 e. The number of nitrogens with zero attached hydrogens (tertiary/aromatic N) is 4. The van der Waals surface area contributed by atoms with Crippen LogP contribution in [-0.2, 0) is 0 Å². The van der Waals surface area contributed by atoms with E-state index in [0.29, 0.717) is 40.5 Å². The predicted octanol–water partition coefficient (Wildman–Crippen LogP) is 5.26. The van der Waals surface area contributed by atoms with E-state index in [9.17, 15) is 10.1 Å². The number of hydrogen-bond donors (Lipinski definition) is 1. The van der Waals surface area contributed by atoms with Crippen LogP contribution in [0.1, 0.15) is 36.9 Å². The summed E-state index contributed by atoms with van der Waals surface area (Å²) in [6.45, 7) is 8.32. The summed E-state index contributed by atoms with van der Waals surface area (Å²) in [5.74, 6) is 1.22. The largest absolute Gasteiger partial charge is 0.361 e. The Labute approximate surface area is 173 Å². The van der Waals surface area contributed by atoms with Gasteiger partial charge in [-0.15, -0.1) is 0 Å². The zero-order valence-electron chi connectivity index (χ0n) is 17.3. The molecule has 4 aromatic rings. The summed E-state index contributed by atoms with van der Waals surface area (Å²) < 4.78 is 7.31. The fourth-order valence-electron chi connectivity index (χ4n) is 3.91. The summed E-state index contributed by atoms with van der Waals surface area (Å²) in [5.41, 5.74) is 4.23. The first-order chi connectivity index (χ1) is 14.4. The normalized spacial score (nSPS) is 12.3. The fraction of sp³-hybridized carbons (Fsp3) is 0.273. The van der Waals surface area contributed by atoms with E-state index in [0.717, 1.165) is 11.1 Å². The van der Waals surface area contributed by atoms with Gasteiger partial charge in [-0.05, 0) is 44.9 Å². The van der Waals surface area contributed by atoms with Crippen LogP contribution in [0.4, 0.5) is 11.6 Å². The Balaban J connectivity index is 2.04. The molecule has 2 aromatic carbocycles. The first kappa shape index (κ1) is 19.6. The van der Waals surface area contributed by atoms with Gasteiger partial charge in [-0.2, -0.15) is 0 Å². The highest BCUT2D eigenvalue weighted by Gasteiger charge is 2.26. The standard InChI is InChI=1S/C22H23N5O3/c1-5-23-22-24-21-18(26(22)14(3)16-9-7-6-8-10-16)11-17(12-19(21)27(28)29)20-13(2)25-30-15(20)4/h6-12,14H,5H2,1-4H3,(H,23,24). The fourth-order valence-corrected chi connectivity index (χ4v) is 3.91. The molecular weight excluding hydrogens is 382 g/mol. The summed E-state index contributed by atoms with van der Waals surface area (Å²) in [7, 11) is 0. The van der Waals surface area contributed by atoms with E-state index < -0.39 is 0 Å². The molecule has 0 saturated carbocycles. The molecule has 0 fully saturated rings. The molecular formula is C22H23N5O3. The number of non-ortho nitro benzene ring substituents is 1. The van der Waals surface area contributed by atoms with E-state index in [1.807, 2.05) is 54.8 Å². The number of anilines is 1. The molecule has 2 aromatic heterocycles. The Bertz CT molecular complexity index is 1210. The average molecular weight is 405 g/mol. The third-order valence-electron chi connectivity index (χ3n) is 5.30. The molecule has 154 valence electrons. The van der Waals surface area contributed by atoms with Crippen molar-refractivity contribution in [2.24, 2.45) is 0 Å². The lowest BCUT2D eigenvalue weighted by Crippen LogP contribution is -2.12. The Hall–Kier alpha value is -3.68. The minimum atomic E-state index is -0.385. The lowest BCUT2D eigenvalue weighted by molar-refractivity contribution is -0.383. The van der Waals surface area contributed by atoms with Crippen LogP contribution in [0.25, 0.3) is 22.2 Å². The minimum absolute atomic E-state index is 0.0411. The van der Waals surface area contributed by atoms with Crippen LogP contribution in [0.5, 0.6) is 0 Å². The molecule has 1 N–H and O–H groups in total. The van der Waals surface area contributed by atoms with Crippen molar-refractivity contribution in [2.45, 2.75) is 33.7 Å². The van der Waals surface area contributed by atoms with Crippen LogP contribution in [-0.4, -0.2) is 26.2 Å². The van der Waals surface area contributed by atoms with Gasteiger partial charge >= 0.3 is 0 Å². The van der Waals surface area contributed by atoms with E-state index >= 15 is 0 Å². The maximum Gasteiger partial charge on any atom is 0.297 e. The Kier molecular flexibility index (Phi) is 4.99. The lowest BCUT2D eigenvalue weighted by atomic mass is 10.0. The van der Waals surface area contributed by atoms with E-state index in [2.05, 4.69) is 22.4 Å². The Morgan fingerprint density at radius 1 is 1.23 bits per heavy atom. The van der Waals surface area contributed by atoms with Gasteiger partial charge in [0.1, 0.15) is 5.76 Å². The molecule has 30 heavy (non-hydrogen) atoms. The molecule has 4 rings (SSSR count). The molecule has 0 spiro atoms. The van der Waals surface area contributed by atoms with E-state index in [-0.39, 0.29) is 16.7 Å². The van der Waals surface area contributed by atoms with Gasteiger partial charge in [-0.3, -0.25) is 10.1 Å². The molecule has 0 bridgehead atoms. The number of rotatable bonds is 6. The highest BCUT2D eigenvalue weighted by atomic mass is 16.6. The van der Waals surface area contributed by atoms with Gasteiger partial charge in [-0.25, -0.2) is 4.98 Å². The van der Waals surface area contributed by atoms with Gasteiger partial charge in [0.2, 0.25) is 5.95 Å². The van der Waals surface area contributed by atoms with Gasteiger partial charge in [-0.1, -0.05) is 35.5 Å². The first-order valence-corrected chi connectivity index (χ1v) is 9.84. The van der Waals surface area contributed by atoms with Crippen molar-refractivity contribution < 1.29 is 9.45 Å². The van der Waals surface area contributed by atoms with Gasteiger partial charge in [0.05, 0.1) is 22.2 Å². The second-order valence-corrected chi connectivity index (χ2v) is 7.24. The molecule has 2 heterocycles. The van der Waals surface area contributed by atoms with Crippen LogP contribution in [0.3, 0.4) is 0 Å². The second kappa shape index (κ2) is 7.62. The van der Waals surface area contributed by atoms with Crippen molar-refractivity contribution >= 4 is 22.7 Å². The number of nitro groups is 1. The van der Waals surface area contributed by atoms with E-state index in [1.165, 1.54) is 0 Å². The van der Waals surface area contributed by atoms with Crippen molar-refractivity contribution in [3.63, 3.8) is 0 Å². The first-order valence-electron chi connectivity index (χ1n) is 9.84. The maximum absolute atomic E-state index is 11.9. The average Bonchev–Trinajstić information content (AvgIpc) is 3.26. The molecule has 0 amide bonds. The third kappa shape index (κ3) is 3.20. The topological polar surface area (TPSA) is 99.0 Å². The van der Waals surface area contributed by atoms with E-state index in [4.69, 9.17) is 4.52 Å². The highest BCUT2D eigenvalue weighted by molar-refractivity contribution is 5.93. The van der Waals surface area contributed by atoms with Gasteiger partial charge in [0, 0.05) is 18.2 Å². The van der Waals surface area contributed by atoms with Gasteiger partial charge in [0.15, 0.2) is 5.52 Å². The quantitative estimate of drug-likeness (QED) is 0.347. The predicted molar refractivity (Wildman–Crippen MR) is 116 cm³/mol. The molecule has 1 unspecified atom stereocenters. The van der Waals surface area contributed by atoms with Crippen LogP contribution < -0.4 is 5.32 Å². The van der Waals surface area contributed by atoms with Gasteiger partial charge < -0.3 is 14.4 Å². The number of hydrogen-bond acceptors (Lipinski definition) is 6. The Morgan fingerprint density at radius 2 is 1.97 bits per heavy atom. The van der Waals surface area contributed by atoms with Crippen LogP contribution in [0.15, 0.2) is 47.0 Å². The van der Waals surface area contributed by atoms with Crippen LogP contribution in [0.2, 0.25) is 0 Å². The Morgan fingerprint density at radius 3 is 2.57 bits per heavy atom. The molecule has 0 aliphatic heterocycles. The number of nitro benzene ring substituents is 1. The summed E-state index contributed by atoms with van der Waals surface area (Å²) in [6, 6.07) is 13.4. The molecule has 8 nitrogen and oxygen atoms in total. The monoisotopic (exact) mass is 405 g/mol. The molecule has 0 aliphatic rings. The summed E-state index contributed by atoms with van der Waals surface area (Å²) in [4.78, 5) is 16.1. The third-order valence-corrected chi connectivity index (χ3v) is 5.30. The number of aromatic nitrogens is 3. The summed E-state index contributed by atoms with van der Waals surface area (Å²) in [6.07, 6.45) is 0. The van der Waals surface area contributed by atoms with Crippen LogP contribution >= 0.6 is 0 Å². The van der Waals surface area contributed by atoms with Crippen molar-refractivity contribution in [1.29, 1.82) is 0 Å². The number of imidazole rings is 1. The number of aryl methyl sites for hydroxylation is 2. The number of benzene rings is 2. The molecule has 0 aliphatic carbocycles. The van der Waals surface area contributed by atoms with Crippen molar-refractivity contribution in [1.82, 2.24) is 14.7 Å². The zero-order chi connectivity index (χ0) is 21.4. The second-order valence-electron chi connectivity index (χ2n) is 7.24. The SMILES string of the molecule is CCNc1nc2c([N+](=O)[O-])cc(-c3c(C)noc3C)cc2n1C(C)c1ccccc1.